The minimum absolute atomic E-state index is 0.0879. The molecule has 0 atom stereocenters. The summed E-state index contributed by atoms with van der Waals surface area (Å²) in [4.78, 5) is 14.3. The van der Waals surface area contributed by atoms with E-state index in [2.05, 4.69) is 9.71 Å². The molecule has 2 aromatic heterocycles. The number of anilines is 1. The molecule has 0 unspecified atom stereocenters. The minimum Gasteiger partial charge on any atom is -0.477 e. The standard InChI is InChI=1S/C11H9FN2O4S2/c1-6-8(5-7(19-6)11(15)16)20(17,18)14-10-4-2-3-9(12)13-10/h2-5H,1H3,(H,13,14)(H,15,16). The predicted molar refractivity (Wildman–Crippen MR) is 71.0 cm³/mol. The highest BCUT2D eigenvalue weighted by atomic mass is 32.2. The van der Waals surface area contributed by atoms with Gasteiger partial charge in [-0.3, -0.25) is 4.72 Å². The molecule has 2 aromatic rings. The molecule has 0 fully saturated rings. The zero-order valence-corrected chi connectivity index (χ0v) is 11.8. The fraction of sp³-hybridized carbons (Fsp3) is 0.0909. The van der Waals surface area contributed by atoms with Crippen LogP contribution in [0.4, 0.5) is 10.2 Å². The molecule has 6 nitrogen and oxygen atoms in total. The highest BCUT2D eigenvalue weighted by molar-refractivity contribution is 7.93. The van der Waals surface area contributed by atoms with Gasteiger partial charge in [0.15, 0.2) is 0 Å². The normalized spacial score (nSPS) is 11.3. The molecule has 0 bridgehead atoms. The molecule has 0 aliphatic heterocycles. The molecule has 0 spiro atoms. The number of carboxylic acid groups (broad SMARTS) is 1. The maximum atomic E-state index is 12.9. The predicted octanol–water partition coefficient (Wildman–Crippen LogP) is 2.09. The Balaban J connectivity index is 2.38. The molecule has 2 rings (SSSR count). The number of rotatable bonds is 4. The lowest BCUT2D eigenvalue weighted by Gasteiger charge is -2.06. The maximum absolute atomic E-state index is 12.9. The summed E-state index contributed by atoms with van der Waals surface area (Å²) in [5.74, 6) is -2.20. The minimum atomic E-state index is -4.01. The van der Waals surface area contributed by atoms with Crippen LogP contribution in [0.1, 0.15) is 14.5 Å². The van der Waals surface area contributed by atoms with Crippen LogP contribution in [0.3, 0.4) is 0 Å². The molecule has 2 heterocycles. The summed E-state index contributed by atoms with van der Waals surface area (Å²) in [6.07, 6.45) is 0. The average Bonchev–Trinajstić information content (AvgIpc) is 2.71. The van der Waals surface area contributed by atoms with Gasteiger partial charge in [-0.25, -0.2) is 18.2 Å². The van der Waals surface area contributed by atoms with Crippen LogP contribution in [0.15, 0.2) is 29.2 Å². The first kappa shape index (κ1) is 14.4. The summed E-state index contributed by atoms with van der Waals surface area (Å²) in [5, 5.41) is 8.85. The first-order valence-electron chi connectivity index (χ1n) is 5.29. The quantitative estimate of drug-likeness (QED) is 0.842. The smallest absolute Gasteiger partial charge is 0.345 e. The van der Waals surface area contributed by atoms with E-state index in [1.165, 1.54) is 19.1 Å². The summed E-state index contributed by atoms with van der Waals surface area (Å²) >= 11 is 0.850. The molecule has 0 aliphatic rings. The number of sulfonamides is 1. The largest absolute Gasteiger partial charge is 0.477 e. The zero-order valence-electron chi connectivity index (χ0n) is 10.1. The maximum Gasteiger partial charge on any atom is 0.345 e. The van der Waals surface area contributed by atoms with Gasteiger partial charge in [-0.15, -0.1) is 11.3 Å². The van der Waals surface area contributed by atoms with Crippen molar-refractivity contribution in [2.75, 3.05) is 4.72 Å². The highest BCUT2D eigenvalue weighted by Crippen LogP contribution is 2.27. The Hall–Kier alpha value is -2.00. The lowest BCUT2D eigenvalue weighted by molar-refractivity contribution is 0.0702. The van der Waals surface area contributed by atoms with E-state index < -0.39 is 21.9 Å². The first-order valence-corrected chi connectivity index (χ1v) is 7.58. The third-order valence-corrected chi connectivity index (χ3v) is 4.98. The number of thiophene rings is 1. The molecule has 0 saturated heterocycles. The molecular formula is C11H9FN2O4S2. The fourth-order valence-corrected chi connectivity index (χ4v) is 3.93. The zero-order chi connectivity index (χ0) is 14.9. The fourth-order valence-electron chi connectivity index (χ4n) is 1.50. The number of hydrogen-bond acceptors (Lipinski definition) is 5. The summed E-state index contributed by atoms with van der Waals surface area (Å²) < 4.78 is 39.2. The van der Waals surface area contributed by atoms with Gasteiger partial charge in [0, 0.05) is 4.88 Å². The number of aryl methyl sites for hydroxylation is 1. The van der Waals surface area contributed by atoms with Crippen molar-refractivity contribution >= 4 is 33.1 Å². The van der Waals surface area contributed by atoms with Crippen molar-refractivity contribution in [2.45, 2.75) is 11.8 Å². The van der Waals surface area contributed by atoms with Crippen LogP contribution < -0.4 is 4.72 Å². The second-order valence-electron chi connectivity index (χ2n) is 3.79. The summed E-state index contributed by atoms with van der Waals surface area (Å²) in [6.45, 7) is 1.49. The summed E-state index contributed by atoms with van der Waals surface area (Å²) in [7, 11) is -4.01. The van der Waals surface area contributed by atoms with Crippen LogP contribution in [0.2, 0.25) is 0 Å². The number of hydrogen-bond donors (Lipinski definition) is 2. The van der Waals surface area contributed by atoms with Gasteiger partial charge in [0.05, 0.1) is 0 Å². The molecule has 0 aliphatic carbocycles. The van der Waals surface area contributed by atoms with Gasteiger partial charge in [-0.2, -0.15) is 4.39 Å². The van der Waals surface area contributed by atoms with Crippen LogP contribution in [-0.4, -0.2) is 24.5 Å². The Labute approximate surface area is 118 Å². The monoisotopic (exact) mass is 316 g/mol. The highest BCUT2D eigenvalue weighted by Gasteiger charge is 2.22. The van der Waals surface area contributed by atoms with E-state index in [9.17, 15) is 17.6 Å². The van der Waals surface area contributed by atoms with Crippen LogP contribution in [0, 0.1) is 12.9 Å². The van der Waals surface area contributed by atoms with E-state index in [4.69, 9.17) is 5.11 Å². The molecule has 2 N–H and O–H groups in total. The van der Waals surface area contributed by atoms with E-state index in [1.807, 2.05) is 0 Å². The van der Waals surface area contributed by atoms with E-state index in [1.54, 1.807) is 0 Å². The van der Waals surface area contributed by atoms with Crippen LogP contribution >= 0.6 is 11.3 Å². The van der Waals surface area contributed by atoms with Gasteiger partial charge in [0.1, 0.15) is 15.6 Å². The average molecular weight is 316 g/mol. The Morgan fingerprint density at radius 2 is 2.15 bits per heavy atom. The number of carbonyl (C=O) groups is 1. The number of aromatic carboxylic acids is 1. The van der Waals surface area contributed by atoms with Crippen molar-refractivity contribution in [3.05, 3.63) is 40.0 Å². The van der Waals surface area contributed by atoms with Crippen molar-refractivity contribution in [3.8, 4) is 0 Å². The van der Waals surface area contributed by atoms with E-state index >= 15 is 0 Å². The third kappa shape index (κ3) is 2.94. The first-order chi connectivity index (χ1) is 9.29. The number of pyridine rings is 1. The molecule has 0 amide bonds. The lowest BCUT2D eigenvalue weighted by atomic mass is 10.4. The Bertz CT molecular complexity index is 770. The van der Waals surface area contributed by atoms with Gasteiger partial charge in [0.2, 0.25) is 5.95 Å². The molecule has 106 valence electrons. The Kier molecular flexibility index (Phi) is 3.73. The summed E-state index contributed by atoms with van der Waals surface area (Å²) in [5.41, 5.74) is 0. The SMILES string of the molecule is Cc1sc(C(=O)O)cc1S(=O)(=O)Nc1cccc(F)n1. The van der Waals surface area contributed by atoms with Crippen molar-refractivity contribution < 1.29 is 22.7 Å². The number of nitrogens with one attached hydrogen (secondary N) is 1. The van der Waals surface area contributed by atoms with Crippen molar-refractivity contribution in [1.29, 1.82) is 0 Å². The van der Waals surface area contributed by atoms with E-state index in [0.717, 1.165) is 23.5 Å². The molecule has 20 heavy (non-hydrogen) atoms. The van der Waals surface area contributed by atoms with Crippen molar-refractivity contribution in [3.63, 3.8) is 0 Å². The van der Waals surface area contributed by atoms with Crippen LogP contribution in [0.25, 0.3) is 0 Å². The Morgan fingerprint density at radius 3 is 2.70 bits per heavy atom. The van der Waals surface area contributed by atoms with Crippen molar-refractivity contribution in [1.82, 2.24) is 4.98 Å². The molecule has 9 heteroatoms. The van der Waals surface area contributed by atoms with Crippen molar-refractivity contribution in [2.24, 2.45) is 0 Å². The van der Waals surface area contributed by atoms with E-state index in [-0.39, 0.29) is 15.6 Å². The number of aromatic nitrogens is 1. The second kappa shape index (κ2) is 5.17. The number of carboxylic acids is 1. The number of nitrogens with zero attached hydrogens (tertiary/aromatic N) is 1. The van der Waals surface area contributed by atoms with Gasteiger partial charge in [-0.1, -0.05) is 6.07 Å². The Morgan fingerprint density at radius 1 is 1.45 bits per heavy atom. The third-order valence-electron chi connectivity index (χ3n) is 2.33. The molecule has 0 saturated carbocycles. The van der Waals surface area contributed by atoms with Crippen LogP contribution in [0.5, 0.6) is 0 Å². The van der Waals surface area contributed by atoms with Gasteiger partial charge >= 0.3 is 5.97 Å². The van der Waals surface area contributed by atoms with Crippen LogP contribution in [-0.2, 0) is 10.0 Å². The topological polar surface area (TPSA) is 96.4 Å². The summed E-state index contributed by atoms with van der Waals surface area (Å²) in [6, 6.07) is 4.74. The molecule has 0 radical (unpaired) electrons. The van der Waals surface area contributed by atoms with Gasteiger partial charge in [0.25, 0.3) is 10.0 Å². The second-order valence-corrected chi connectivity index (χ2v) is 6.69. The molecule has 0 aromatic carbocycles. The number of halogens is 1. The van der Waals surface area contributed by atoms with Gasteiger partial charge < -0.3 is 5.11 Å². The lowest BCUT2D eigenvalue weighted by Crippen LogP contribution is -2.14. The van der Waals surface area contributed by atoms with Gasteiger partial charge in [-0.05, 0) is 25.1 Å². The van der Waals surface area contributed by atoms with E-state index in [0.29, 0.717) is 4.88 Å². The molecular weight excluding hydrogens is 307 g/mol.